The van der Waals surface area contributed by atoms with Gasteiger partial charge in [-0.1, -0.05) is 30.7 Å². The molecule has 3 rings (SSSR count). The van der Waals surface area contributed by atoms with Gasteiger partial charge in [-0.3, -0.25) is 4.79 Å². The third-order valence-corrected chi connectivity index (χ3v) is 4.09. The minimum absolute atomic E-state index is 0.188. The average Bonchev–Trinajstić information content (AvgIpc) is 3.04. The van der Waals surface area contributed by atoms with Gasteiger partial charge in [-0.2, -0.15) is 0 Å². The lowest BCUT2D eigenvalue weighted by atomic mass is 10.1. The van der Waals surface area contributed by atoms with Crippen molar-refractivity contribution in [3.63, 3.8) is 0 Å². The summed E-state index contributed by atoms with van der Waals surface area (Å²) in [5.41, 5.74) is 2.70. The molecular formula is C22H21NO5. The Morgan fingerprint density at radius 1 is 1.14 bits per heavy atom. The molecule has 6 nitrogen and oxygen atoms in total. The van der Waals surface area contributed by atoms with Crippen molar-refractivity contribution in [2.75, 3.05) is 7.11 Å². The number of hydrogen-bond acceptors (Lipinski definition) is 6. The average molecular weight is 379 g/mol. The van der Waals surface area contributed by atoms with E-state index in [1.165, 1.54) is 7.11 Å². The van der Waals surface area contributed by atoms with Gasteiger partial charge in [-0.25, -0.2) is 9.79 Å². The van der Waals surface area contributed by atoms with Crippen LogP contribution in [0.5, 0.6) is 11.5 Å². The van der Waals surface area contributed by atoms with Crippen LogP contribution < -0.4 is 9.47 Å². The molecule has 28 heavy (non-hydrogen) atoms. The fourth-order valence-corrected chi connectivity index (χ4v) is 2.62. The maximum Gasteiger partial charge on any atom is 0.363 e. The van der Waals surface area contributed by atoms with Gasteiger partial charge >= 0.3 is 11.9 Å². The van der Waals surface area contributed by atoms with Crippen LogP contribution in [0.25, 0.3) is 6.08 Å². The molecule has 2 aromatic rings. The molecule has 0 saturated carbocycles. The van der Waals surface area contributed by atoms with Crippen LogP contribution in [0, 0.1) is 6.92 Å². The fraction of sp³-hybridized carbons (Fsp3) is 0.227. The smallest absolute Gasteiger partial charge is 0.363 e. The maximum atomic E-state index is 12.2. The Morgan fingerprint density at radius 3 is 2.57 bits per heavy atom. The van der Waals surface area contributed by atoms with Gasteiger partial charge in [0.2, 0.25) is 5.90 Å². The molecule has 0 aliphatic carbocycles. The number of nitrogens with zero attached hydrogens (tertiary/aromatic N) is 1. The molecule has 6 heteroatoms. The van der Waals surface area contributed by atoms with Gasteiger partial charge in [0.1, 0.15) is 0 Å². The Hall–Kier alpha value is -3.41. The topological polar surface area (TPSA) is 74.2 Å². The third-order valence-electron chi connectivity index (χ3n) is 4.09. The Kier molecular flexibility index (Phi) is 5.89. The molecule has 0 radical (unpaired) electrons. The van der Waals surface area contributed by atoms with Crippen LogP contribution in [0.15, 0.2) is 53.2 Å². The molecule has 0 saturated heterocycles. The van der Waals surface area contributed by atoms with Crippen molar-refractivity contribution in [2.24, 2.45) is 4.99 Å². The number of carbonyl (C=O) groups excluding carboxylic acids is 2. The van der Waals surface area contributed by atoms with Crippen LogP contribution in [0.4, 0.5) is 0 Å². The first kappa shape index (κ1) is 19.4. The van der Waals surface area contributed by atoms with Crippen molar-refractivity contribution in [1.29, 1.82) is 0 Å². The number of esters is 2. The first-order chi connectivity index (χ1) is 13.5. The van der Waals surface area contributed by atoms with E-state index in [1.54, 1.807) is 24.3 Å². The van der Waals surface area contributed by atoms with Gasteiger partial charge in [-0.15, -0.1) is 0 Å². The van der Waals surface area contributed by atoms with Gasteiger partial charge in [0.15, 0.2) is 17.2 Å². The molecule has 1 heterocycles. The van der Waals surface area contributed by atoms with Crippen molar-refractivity contribution in [1.82, 2.24) is 0 Å². The molecule has 0 aromatic heterocycles. The molecule has 0 fully saturated rings. The monoisotopic (exact) mass is 379 g/mol. The van der Waals surface area contributed by atoms with E-state index in [-0.39, 0.29) is 17.6 Å². The highest BCUT2D eigenvalue weighted by molar-refractivity contribution is 6.12. The lowest BCUT2D eigenvalue weighted by Gasteiger charge is -2.09. The second kappa shape index (κ2) is 8.52. The van der Waals surface area contributed by atoms with E-state index in [2.05, 4.69) is 4.99 Å². The van der Waals surface area contributed by atoms with Crippen molar-refractivity contribution in [2.45, 2.75) is 26.7 Å². The van der Waals surface area contributed by atoms with Crippen molar-refractivity contribution in [3.8, 4) is 11.5 Å². The molecule has 0 atom stereocenters. The van der Waals surface area contributed by atoms with E-state index in [0.29, 0.717) is 29.9 Å². The summed E-state index contributed by atoms with van der Waals surface area (Å²) in [6.07, 6.45) is 2.63. The predicted molar refractivity (Wildman–Crippen MR) is 105 cm³/mol. The van der Waals surface area contributed by atoms with Crippen LogP contribution in [0.3, 0.4) is 0 Å². The Morgan fingerprint density at radius 2 is 1.89 bits per heavy atom. The maximum absolute atomic E-state index is 12.2. The van der Waals surface area contributed by atoms with E-state index >= 15 is 0 Å². The van der Waals surface area contributed by atoms with Crippen LogP contribution in [-0.2, 0) is 14.3 Å². The molecule has 144 valence electrons. The second-order valence-corrected chi connectivity index (χ2v) is 6.34. The van der Waals surface area contributed by atoms with E-state index in [9.17, 15) is 9.59 Å². The number of methoxy groups -OCH3 is 1. The summed E-state index contributed by atoms with van der Waals surface area (Å²) < 4.78 is 15.9. The normalized spacial score (nSPS) is 14.6. The van der Waals surface area contributed by atoms with Crippen LogP contribution in [-0.4, -0.2) is 24.9 Å². The quantitative estimate of drug-likeness (QED) is 0.430. The van der Waals surface area contributed by atoms with E-state index in [4.69, 9.17) is 14.2 Å². The van der Waals surface area contributed by atoms with Crippen LogP contribution in [0.1, 0.15) is 36.5 Å². The number of aryl methyl sites for hydroxylation is 1. The number of aliphatic imine (C=N–C) groups is 1. The summed E-state index contributed by atoms with van der Waals surface area (Å²) in [4.78, 5) is 28.2. The van der Waals surface area contributed by atoms with Crippen LogP contribution >= 0.6 is 0 Å². The minimum Gasteiger partial charge on any atom is -0.493 e. The van der Waals surface area contributed by atoms with Gasteiger partial charge < -0.3 is 14.2 Å². The summed E-state index contributed by atoms with van der Waals surface area (Å²) in [5.74, 6) is 0.161. The number of ether oxygens (including phenoxy) is 3. The number of rotatable bonds is 6. The molecule has 0 amide bonds. The summed E-state index contributed by atoms with van der Waals surface area (Å²) in [5, 5.41) is 0. The molecule has 0 spiro atoms. The fourth-order valence-electron chi connectivity index (χ4n) is 2.62. The number of carbonyl (C=O) groups is 2. The molecule has 1 aliphatic heterocycles. The summed E-state index contributed by atoms with van der Waals surface area (Å²) in [6.45, 7) is 3.88. The zero-order valence-corrected chi connectivity index (χ0v) is 16.0. The third kappa shape index (κ3) is 4.46. The van der Waals surface area contributed by atoms with E-state index < -0.39 is 5.97 Å². The zero-order chi connectivity index (χ0) is 20.1. The zero-order valence-electron chi connectivity index (χ0n) is 16.0. The first-order valence-corrected chi connectivity index (χ1v) is 8.98. The lowest BCUT2D eigenvalue weighted by molar-refractivity contribution is -0.134. The summed E-state index contributed by atoms with van der Waals surface area (Å²) in [6, 6.07) is 12.6. The molecule has 0 bridgehead atoms. The number of cyclic esters (lactones) is 1. The van der Waals surface area contributed by atoms with Crippen molar-refractivity contribution >= 4 is 23.9 Å². The molecule has 0 unspecified atom stereocenters. The van der Waals surface area contributed by atoms with E-state index in [1.807, 2.05) is 38.1 Å². The van der Waals surface area contributed by atoms with E-state index in [0.717, 1.165) is 11.1 Å². The molecular weight excluding hydrogens is 358 g/mol. The summed E-state index contributed by atoms with van der Waals surface area (Å²) >= 11 is 0. The van der Waals surface area contributed by atoms with Crippen LogP contribution in [0.2, 0.25) is 0 Å². The van der Waals surface area contributed by atoms with Crippen molar-refractivity contribution < 1.29 is 23.8 Å². The highest BCUT2D eigenvalue weighted by Crippen LogP contribution is 2.30. The number of benzene rings is 2. The Balaban J connectivity index is 1.85. The second-order valence-electron chi connectivity index (χ2n) is 6.34. The van der Waals surface area contributed by atoms with Gasteiger partial charge in [0.05, 0.1) is 7.11 Å². The Bertz CT molecular complexity index is 957. The standard InChI is InChI=1S/C22H21NO5/c1-4-5-20(24)27-18-11-8-15(13-19(18)26-3)12-17-22(25)28-21(23-17)16-9-6-14(2)7-10-16/h6-13H,4-5H2,1-3H3/b17-12-. The van der Waals surface area contributed by atoms with Gasteiger partial charge in [-0.05, 0) is 49.2 Å². The van der Waals surface area contributed by atoms with Crippen molar-refractivity contribution in [3.05, 3.63) is 64.9 Å². The predicted octanol–water partition coefficient (Wildman–Crippen LogP) is 4.05. The highest BCUT2D eigenvalue weighted by atomic mass is 16.6. The minimum atomic E-state index is -0.520. The number of hydrogen-bond donors (Lipinski definition) is 0. The molecule has 1 aliphatic rings. The largest absolute Gasteiger partial charge is 0.493 e. The van der Waals surface area contributed by atoms with Gasteiger partial charge in [0.25, 0.3) is 0 Å². The van der Waals surface area contributed by atoms with Gasteiger partial charge in [0, 0.05) is 12.0 Å². The molecule has 2 aromatic carbocycles. The first-order valence-electron chi connectivity index (χ1n) is 8.98. The Labute approximate surface area is 163 Å². The lowest BCUT2D eigenvalue weighted by Crippen LogP contribution is -2.07. The summed E-state index contributed by atoms with van der Waals surface area (Å²) in [7, 11) is 1.49. The highest BCUT2D eigenvalue weighted by Gasteiger charge is 2.24. The molecule has 0 N–H and O–H groups in total. The SMILES string of the molecule is CCCC(=O)Oc1ccc(/C=C2\N=C(c3ccc(C)cc3)OC2=O)cc1OC.